The maximum absolute atomic E-state index is 12.2. The second-order valence-corrected chi connectivity index (χ2v) is 7.37. The van der Waals surface area contributed by atoms with Crippen LogP contribution in [-0.4, -0.2) is 15.0 Å². The van der Waals surface area contributed by atoms with Gasteiger partial charge in [-0.3, -0.25) is 4.79 Å². The predicted molar refractivity (Wildman–Crippen MR) is 94.6 cm³/mol. The molecule has 0 atom stereocenters. The van der Waals surface area contributed by atoms with E-state index in [1.807, 2.05) is 38.3 Å². The Bertz CT molecular complexity index is 1090. The average Bonchev–Trinajstić information content (AvgIpc) is 3.14. The molecule has 0 unspecified atom stereocenters. The van der Waals surface area contributed by atoms with Crippen LogP contribution in [0.1, 0.15) is 37.0 Å². The van der Waals surface area contributed by atoms with Crippen molar-refractivity contribution in [2.24, 2.45) is 0 Å². The van der Waals surface area contributed by atoms with E-state index in [1.54, 1.807) is 18.5 Å². The van der Waals surface area contributed by atoms with Crippen LogP contribution in [0.3, 0.4) is 0 Å². The number of nitrogens with zero attached hydrogens (tertiary/aromatic N) is 2. The molecule has 0 aliphatic heterocycles. The molecule has 0 saturated heterocycles. The van der Waals surface area contributed by atoms with Gasteiger partial charge in [0.15, 0.2) is 0 Å². The van der Waals surface area contributed by atoms with Crippen molar-refractivity contribution in [1.29, 1.82) is 0 Å². The largest absolute Gasteiger partial charge is 0.617 e. The first-order chi connectivity index (χ1) is 11.3. The summed E-state index contributed by atoms with van der Waals surface area (Å²) in [7, 11) is 0. The third-order valence-corrected chi connectivity index (χ3v) is 4.27. The second-order valence-electron chi connectivity index (χ2n) is 6.39. The molecule has 127 valence electrons. The van der Waals surface area contributed by atoms with E-state index in [9.17, 15) is 9.59 Å². The van der Waals surface area contributed by atoms with Gasteiger partial charge in [0.2, 0.25) is 5.56 Å². The zero-order valence-electron chi connectivity index (χ0n) is 14.2. The van der Waals surface area contributed by atoms with Gasteiger partial charge in [-0.05, 0) is 17.5 Å². The van der Waals surface area contributed by atoms with Crippen LogP contribution in [0, 0.1) is 0 Å². The summed E-state index contributed by atoms with van der Waals surface area (Å²) in [6, 6.07) is 3.73. The fraction of sp³-hybridized carbons (Fsp3) is 0.235. The predicted octanol–water partition coefficient (Wildman–Crippen LogP) is 0.429. The van der Waals surface area contributed by atoms with E-state index >= 15 is 0 Å². The van der Waals surface area contributed by atoms with Crippen molar-refractivity contribution in [3.63, 3.8) is 0 Å². The summed E-state index contributed by atoms with van der Waals surface area (Å²) in [5.41, 5.74) is 0.456. The van der Waals surface area contributed by atoms with Gasteiger partial charge in [0.1, 0.15) is 5.56 Å². The summed E-state index contributed by atoms with van der Waals surface area (Å²) in [4.78, 5) is 39.1. The molecule has 0 saturated carbocycles. The molecule has 0 aliphatic rings. The number of nitrogens with one attached hydrogen (secondary N) is 2. The third-order valence-electron chi connectivity index (χ3n) is 3.46. The van der Waals surface area contributed by atoms with E-state index in [2.05, 4.69) is 19.9 Å². The number of aromatic amines is 2. The van der Waals surface area contributed by atoms with Gasteiger partial charge in [-0.1, -0.05) is 38.3 Å². The Morgan fingerprint density at radius 1 is 1.24 bits per heavy atom. The molecular weight excluding hydrogens is 413 g/mol. The summed E-state index contributed by atoms with van der Waals surface area (Å²) in [5.74, 6) is 0. The van der Waals surface area contributed by atoms with E-state index < -0.39 is 11.1 Å². The monoisotopic (exact) mass is 430 g/mol. The van der Waals surface area contributed by atoms with Crippen LogP contribution in [-0.2, 0) is 38.1 Å². The van der Waals surface area contributed by atoms with Crippen LogP contribution in [0.4, 0.5) is 0 Å². The van der Waals surface area contributed by atoms with E-state index in [0.717, 1.165) is 10.6 Å². The van der Waals surface area contributed by atoms with Crippen LogP contribution >= 0.6 is 11.3 Å². The zero-order chi connectivity index (χ0) is 17.3. The smallest absolute Gasteiger partial charge is 0.233 e. The maximum atomic E-state index is 12.2. The van der Waals surface area contributed by atoms with Crippen LogP contribution < -0.4 is 26.8 Å². The fourth-order valence-corrected chi connectivity index (χ4v) is 2.97. The molecule has 25 heavy (non-hydrogen) atoms. The Labute approximate surface area is 173 Å². The Hall–Kier alpha value is -1.57. The van der Waals surface area contributed by atoms with Crippen LogP contribution in [0.25, 0.3) is 12.2 Å². The molecule has 0 spiro atoms. The minimum atomic E-state index is -0.486. The molecule has 6 nitrogen and oxygen atoms in total. The van der Waals surface area contributed by atoms with Crippen molar-refractivity contribution in [3.05, 3.63) is 71.5 Å². The number of thiophene rings is 1. The molecule has 0 aromatic carbocycles. The van der Waals surface area contributed by atoms with Crippen molar-refractivity contribution in [2.45, 2.75) is 26.2 Å². The topological polar surface area (TPSA) is 92.7 Å². The van der Waals surface area contributed by atoms with Crippen molar-refractivity contribution in [2.75, 3.05) is 0 Å². The quantitative estimate of drug-likeness (QED) is 0.617. The second kappa shape index (κ2) is 7.76. The standard InChI is InChI=1S/C17H18N4O2S.Y/c1-17(2,3)14-11(18-9-19-14)8-13-16(23)20-12(15(22)21-13)7-10-5-4-6-24-10;/h4-9H,1-3H3,(H3,18,19,20,21,22,23);/p-1/b12-7-;. The average molecular weight is 430 g/mol. The molecule has 8 heteroatoms. The summed E-state index contributed by atoms with van der Waals surface area (Å²) >= 11 is 1.47. The first-order valence-corrected chi connectivity index (χ1v) is 8.31. The maximum Gasteiger partial charge on any atom is 0.233 e. The van der Waals surface area contributed by atoms with Crippen LogP contribution in [0.2, 0.25) is 0 Å². The molecule has 0 fully saturated rings. The first kappa shape index (κ1) is 19.8. The van der Waals surface area contributed by atoms with Gasteiger partial charge in [-0.2, -0.15) is 0 Å². The normalized spacial score (nSPS) is 13.1. The molecule has 2 N–H and O–H groups in total. The van der Waals surface area contributed by atoms with Crippen molar-refractivity contribution < 1.29 is 32.7 Å². The molecule has 3 aromatic rings. The Morgan fingerprint density at radius 3 is 2.64 bits per heavy atom. The fourth-order valence-electron chi connectivity index (χ4n) is 2.32. The van der Waals surface area contributed by atoms with Gasteiger partial charge in [-0.25, -0.2) is 4.98 Å². The van der Waals surface area contributed by atoms with Gasteiger partial charge in [0.25, 0.3) is 0 Å². The van der Waals surface area contributed by atoms with Gasteiger partial charge < -0.3 is 19.7 Å². The van der Waals surface area contributed by atoms with E-state index in [4.69, 9.17) is 0 Å². The summed E-state index contributed by atoms with van der Waals surface area (Å²) in [5, 5.41) is 2.13. The van der Waals surface area contributed by atoms with Crippen LogP contribution in [0.15, 0.2) is 33.4 Å². The molecule has 0 bridgehead atoms. The van der Waals surface area contributed by atoms with Gasteiger partial charge >= 0.3 is 0 Å². The van der Waals surface area contributed by atoms with Gasteiger partial charge in [0, 0.05) is 48.7 Å². The van der Waals surface area contributed by atoms with Crippen molar-refractivity contribution in [3.8, 4) is 0 Å². The SMILES string of the molecule is CC(C)(C)c1[nH]cnc1/C=c1\[nH]c(=O)/c(=C/c2cccs2)[n-]c1=O.[Y]. The minimum absolute atomic E-state index is 0. The Kier molecular flexibility index (Phi) is 6.14. The Balaban J connectivity index is 0.00000225. The van der Waals surface area contributed by atoms with Crippen molar-refractivity contribution in [1.82, 2.24) is 19.9 Å². The molecular formula is C17H17N4O2SY-. The number of imidazole rings is 1. The summed E-state index contributed by atoms with van der Waals surface area (Å²) < 4.78 is 0. The number of rotatable bonds is 2. The Morgan fingerprint density at radius 2 is 2.00 bits per heavy atom. The summed E-state index contributed by atoms with van der Waals surface area (Å²) in [6.07, 6.45) is 4.73. The molecule has 3 rings (SSSR count). The van der Waals surface area contributed by atoms with E-state index in [0.29, 0.717) is 5.69 Å². The molecule has 0 amide bonds. The minimum Gasteiger partial charge on any atom is -0.617 e. The summed E-state index contributed by atoms with van der Waals surface area (Å²) in [6.45, 7) is 6.11. The number of hydrogen-bond donors (Lipinski definition) is 2. The van der Waals surface area contributed by atoms with E-state index in [-0.39, 0.29) is 48.8 Å². The third kappa shape index (κ3) is 4.54. The van der Waals surface area contributed by atoms with Crippen LogP contribution in [0.5, 0.6) is 0 Å². The number of H-pyrrole nitrogens is 2. The molecule has 3 heterocycles. The molecule has 1 radical (unpaired) electrons. The number of aromatic nitrogens is 4. The van der Waals surface area contributed by atoms with Gasteiger partial charge in [0.05, 0.1) is 17.4 Å². The van der Waals surface area contributed by atoms with E-state index in [1.165, 1.54) is 11.3 Å². The number of hydrogen-bond acceptors (Lipinski definition) is 4. The molecule has 3 aromatic heterocycles. The zero-order valence-corrected chi connectivity index (χ0v) is 17.8. The van der Waals surface area contributed by atoms with Crippen molar-refractivity contribution >= 4 is 23.5 Å². The van der Waals surface area contributed by atoms with Gasteiger partial charge in [-0.15, -0.1) is 11.3 Å². The first-order valence-electron chi connectivity index (χ1n) is 7.43. The molecule has 0 aliphatic carbocycles.